The zero-order chi connectivity index (χ0) is 21.0. The molecule has 0 radical (unpaired) electrons. The highest BCUT2D eigenvalue weighted by atomic mass is 16.5. The van der Waals surface area contributed by atoms with Crippen molar-refractivity contribution in [3.8, 4) is 5.75 Å². The van der Waals surface area contributed by atoms with Gasteiger partial charge in [0, 0.05) is 7.05 Å². The molecule has 0 saturated heterocycles. The second-order valence-electron chi connectivity index (χ2n) is 6.25. The molecule has 0 aliphatic carbocycles. The lowest BCUT2D eigenvalue weighted by molar-refractivity contribution is -0.123. The number of ether oxygens (including phenoxy) is 2. The van der Waals surface area contributed by atoms with E-state index in [1.807, 2.05) is 0 Å². The molecule has 0 spiro atoms. The van der Waals surface area contributed by atoms with Gasteiger partial charge in [-0.05, 0) is 36.8 Å². The van der Waals surface area contributed by atoms with E-state index in [0.717, 1.165) is 4.90 Å². The Kier molecular flexibility index (Phi) is 5.92. The number of carbonyl (C=O) groups is 4. The summed E-state index contributed by atoms with van der Waals surface area (Å²) in [5, 5.41) is 2.36. The number of hydrogen-bond donors (Lipinski definition) is 1. The van der Waals surface area contributed by atoms with Crippen molar-refractivity contribution in [1.29, 1.82) is 0 Å². The molecule has 0 atom stereocenters. The topological polar surface area (TPSA) is 102 Å². The van der Waals surface area contributed by atoms with Crippen molar-refractivity contribution in [2.75, 3.05) is 20.3 Å². The number of rotatable bonds is 7. The molecule has 0 bridgehead atoms. The molecular weight excluding hydrogens is 376 g/mol. The van der Waals surface area contributed by atoms with Gasteiger partial charge in [-0.25, -0.2) is 4.79 Å². The molecule has 1 aliphatic heterocycles. The van der Waals surface area contributed by atoms with Crippen LogP contribution in [-0.2, 0) is 16.1 Å². The summed E-state index contributed by atoms with van der Waals surface area (Å²) >= 11 is 0. The highest BCUT2D eigenvalue weighted by Crippen LogP contribution is 2.27. The number of carbonyl (C=O) groups excluding carboxylic acids is 4. The maximum atomic E-state index is 12.6. The fraction of sp³-hybridized carbons (Fsp3) is 0.238. The van der Waals surface area contributed by atoms with Gasteiger partial charge < -0.3 is 14.8 Å². The summed E-state index contributed by atoms with van der Waals surface area (Å²) in [6.07, 6.45) is 0. The molecule has 0 saturated carbocycles. The van der Waals surface area contributed by atoms with Gasteiger partial charge in [0.1, 0.15) is 11.3 Å². The van der Waals surface area contributed by atoms with Crippen LogP contribution >= 0.6 is 0 Å². The number of nitrogens with one attached hydrogen (secondary N) is 1. The molecule has 0 unspecified atom stereocenters. The Balaban J connectivity index is 1.84. The van der Waals surface area contributed by atoms with Crippen molar-refractivity contribution >= 4 is 23.7 Å². The zero-order valence-corrected chi connectivity index (χ0v) is 16.1. The smallest absolute Gasteiger partial charge is 0.342 e. The van der Waals surface area contributed by atoms with Crippen LogP contribution < -0.4 is 10.1 Å². The molecule has 29 heavy (non-hydrogen) atoms. The molecule has 1 aliphatic rings. The third-order valence-electron chi connectivity index (χ3n) is 4.40. The normalized spacial score (nSPS) is 12.6. The molecule has 1 heterocycles. The van der Waals surface area contributed by atoms with E-state index in [1.165, 1.54) is 13.1 Å². The highest BCUT2D eigenvalue weighted by molar-refractivity contribution is 6.21. The average molecular weight is 396 g/mol. The van der Waals surface area contributed by atoms with Crippen LogP contribution in [0.3, 0.4) is 0 Å². The largest absolute Gasteiger partial charge is 0.493 e. The Labute approximate surface area is 167 Å². The summed E-state index contributed by atoms with van der Waals surface area (Å²) < 4.78 is 10.5. The molecule has 0 aromatic heterocycles. The van der Waals surface area contributed by atoms with Crippen molar-refractivity contribution in [1.82, 2.24) is 10.2 Å². The fourth-order valence-corrected chi connectivity index (χ4v) is 2.96. The standard InChI is InChI=1S/C21H20N2O6/c1-3-28-17-9-8-13(10-16(17)21(27)29-12-18(24)22-2)11-23-19(25)14-6-4-5-7-15(14)20(23)26/h4-10H,3,11-12H2,1-2H3,(H,22,24). The van der Waals surface area contributed by atoms with Crippen LogP contribution in [0, 0.1) is 0 Å². The number of imide groups is 1. The van der Waals surface area contributed by atoms with Crippen molar-refractivity contribution < 1.29 is 28.7 Å². The monoisotopic (exact) mass is 396 g/mol. The van der Waals surface area contributed by atoms with Gasteiger partial charge in [0.2, 0.25) is 0 Å². The van der Waals surface area contributed by atoms with Crippen LogP contribution in [0.4, 0.5) is 0 Å². The second kappa shape index (κ2) is 8.55. The summed E-state index contributed by atoms with van der Waals surface area (Å²) in [6, 6.07) is 11.4. The van der Waals surface area contributed by atoms with Crippen molar-refractivity contribution in [3.05, 3.63) is 64.7 Å². The number of amides is 3. The van der Waals surface area contributed by atoms with Crippen molar-refractivity contribution in [2.24, 2.45) is 0 Å². The van der Waals surface area contributed by atoms with E-state index in [4.69, 9.17) is 9.47 Å². The van der Waals surface area contributed by atoms with Crippen LogP contribution in [0.15, 0.2) is 42.5 Å². The lowest BCUT2D eigenvalue weighted by atomic mass is 10.1. The van der Waals surface area contributed by atoms with Gasteiger partial charge >= 0.3 is 5.97 Å². The third kappa shape index (κ3) is 4.11. The number of nitrogens with zero attached hydrogens (tertiary/aromatic N) is 1. The maximum Gasteiger partial charge on any atom is 0.342 e. The molecule has 3 rings (SSSR count). The average Bonchev–Trinajstić information content (AvgIpc) is 2.98. The predicted octanol–water partition coefficient (Wildman–Crippen LogP) is 1.78. The van der Waals surface area contributed by atoms with E-state index in [0.29, 0.717) is 29.0 Å². The third-order valence-corrected chi connectivity index (χ3v) is 4.40. The van der Waals surface area contributed by atoms with Gasteiger partial charge in [0.25, 0.3) is 17.7 Å². The van der Waals surface area contributed by atoms with E-state index in [9.17, 15) is 19.2 Å². The Morgan fingerprint density at radius 1 is 1.03 bits per heavy atom. The van der Waals surface area contributed by atoms with E-state index in [2.05, 4.69) is 5.32 Å². The lowest BCUT2D eigenvalue weighted by Crippen LogP contribution is -2.29. The minimum atomic E-state index is -0.735. The number of fused-ring (bicyclic) bond motifs is 1. The van der Waals surface area contributed by atoms with Crippen LogP contribution in [-0.4, -0.2) is 48.9 Å². The van der Waals surface area contributed by atoms with E-state index in [-0.39, 0.29) is 23.9 Å². The summed E-state index contributed by atoms with van der Waals surface area (Å²) in [5.74, 6) is -1.66. The lowest BCUT2D eigenvalue weighted by Gasteiger charge is -2.16. The Hall–Kier alpha value is -3.68. The van der Waals surface area contributed by atoms with Gasteiger partial charge in [-0.1, -0.05) is 18.2 Å². The first-order valence-electron chi connectivity index (χ1n) is 9.05. The molecule has 150 valence electrons. The minimum absolute atomic E-state index is 0.00548. The summed E-state index contributed by atoms with van der Waals surface area (Å²) in [7, 11) is 1.44. The number of likely N-dealkylation sites (N-methyl/N-ethyl adjacent to an activating group) is 1. The predicted molar refractivity (Wildman–Crippen MR) is 103 cm³/mol. The molecule has 3 amide bonds. The first-order valence-corrected chi connectivity index (χ1v) is 9.05. The molecule has 2 aromatic rings. The van der Waals surface area contributed by atoms with Gasteiger partial charge in [-0.15, -0.1) is 0 Å². The zero-order valence-electron chi connectivity index (χ0n) is 16.1. The Bertz CT molecular complexity index is 950. The van der Waals surface area contributed by atoms with Crippen LogP contribution in [0.1, 0.15) is 43.6 Å². The molecular formula is C21H20N2O6. The number of esters is 1. The maximum absolute atomic E-state index is 12.6. The quantitative estimate of drug-likeness (QED) is 0.565. The number of benzene rings is 2. The number of hydrogen-bond acceptors (Lipinski definition) is 6. The Morgan fingerprint density at radius 2 is 1.69 bits per heavy atom. The molecule has 8 nitrogen and oxygen atoms in total. The van der Waals surface area contributed by atoms with Crippen LogP contribution in [0.2, 0.25) is 0 Å². The summed E-state index contributed by atoms with van der Waals surface area (Å²) in [5.41, 5.74) is 1.38. The van der Waals surface area contributed by atoms with Crippen LogP contribution in [0.5, 0.6) is 5.75 Å². The molecule has 8 heteroatoms. The second-order valence-corrected chi connectivity index (χ2v) is 6.25. The fourth-order valence-electron chi connectivity index (χ4n) is 2.96. The highest BCUT2D eigenvalue weighted by Gasteiger charge is 2.35. The molecule has 2 aromatic carbocycles. The van der Waals surface area contributed by atoms with Gasteiger partial charge in [-0.3, -0.25) is 19.3 Å². The molecule has 1 N–H and O–H groups in total. The van der Waals surface area contributed by atoms with E-state index < -0.39 is 18.5 Å². The molecule has 0 fully saturated rings. The van der Waals surface area contributed by atoms with E-state index in [1.54, 1.807) is 43.3 Å². The van der Waals surface area contributed by atoms with Gasteiger partial charge in [0.15, 0.2) is 6.61 Å². The van der Waals surface area contributed by atoms with Gasteiger partial charge in [-0.2, -0.15) is 0 Å². The SMILES string of the molecule is CCOc1ccc(CN2C(=O)c3ccccc3C2=O)cc1C(=O)OCC(=O)NC. The van der Waals surface area contributed by atoms with Crippen molar-refractivity contribution in [3.63, 3.8) is 0 Å². The van der Waals surface area contributed by atoms with Crippen molar-refractivity contribution in [2.45, 2.75) is 13.5 Å². The van der Waals surface area contributed by atoms with E-state index >= 15 is 0 Å². The first-order chi connectivity index (χ1) is 14.0. The first kappa shape index (κ1) is 20.1. The summed E-state index contributed by atoms with van der Waals surface area (Å²) in [4.78, 5) is 50.0. The van der Waals surface area contributed by atoms with Gasteiger partial charge in [0.05, 0.1) is 24.3 Å². The minimum Gasteiger partial charge on any atom is -0.493 e. The summed E-state index contributed by atoms with van der Waals surface area (Å²) in [6.45, 7) is 1.66. The Morgan fingerprint density at radius 3 is 2.28 bits per heavy atom. The van der Waals surface area contributed by atoms with Crippen LogP contribution in [0.25, 0.3) is 0 Å².